The summed E-state index contributed by atoms with van der Waals surface area (Å²) in [5, 5.41) is 7.33. The Hall–Kier alpha value is -2.28. The maximum Gasteiger partial charge on any atom is 0.321 e. The van der Waals surface area contributed by atoms with Crippen LogP contribution in [0.25, 0.3) is 11.5 Å². The molecule has 2 amide bonds. The largest absolute Gasteiger partial charge is 0.463 e. The molecule has 3 heterocycles. The standard InChI is InChI=1S/C17H24N4O3/c1-17(12-23-3)6-8-21(9-7-17)16(22)18-13-11-20(2)19-15(13)14-5-4-10-24-14/h4-5,10-11H,6-9,12H2,1-3H3,(H,18,22). The fraction of sp³-hybridized carbons (Fsp3) is 0.529. The van der Waals surface area contributed by atoms with Crippen molar-refractivity contribution in [3.63, 3.8) is 0 Å². The summed E-state index contributed by atoms with van der Waals surface area (Å²) in [6.45, 7) is 4.39. The number of aryl methyl sites for hydroxylation is 1. The van der Waals surface area contributed by atoms with E-state index in [0.717, 1.165) is 32.5 Å². The van der Waals surface area contributed by atoms with E-state index in [9.17, 15) is 4.79 Å². The molecule has 0 radical (unpaired) electrons. The molecule has 1 aliphatic rings. The van der Waals surface area contributed by atoms with E-state index in [1.54, 1.807) is 30.3 Å². The van der Waals surface area contributed by atoms with E-state index < -0.39 is 0 Å². The van der Waals surface area contributed by atoms with Crippen LogP contribution in [0.4, 0.5) is 10.5 Å². The van der Waals surface area contributed by atoms with Crippen LogP contribution in [-0.2, 0) is 11.8 Å². The zero-order chi connectivity index (χ0) is 17.2. The van der Waals surface area contributed by atoms with E-state index in [1.165, 1.54) is 0 Å². The third-order valence-electron chi connectivity index (χ3n) is 4.58. The van der Waals surface area contributed by atoms with Crippen LogP contribution in [0.2, 0.25) is 0 Å². The van der Waals surface area contributed by atoms with Gasteiger partial charge in [0.2, 0.25) is 0 Å². The van der Waals surface area contributed by atoms with Gasteiger partial charge in [0.05, 0.1) is 18.6 Å². The Morgan fingerprint density at radius 1 is 1.46 bits per heavy atom. The van der Waals surface area contributed by atoms with Gasteiger partial charge in [-0.25, -0.2) is 4.79 Å². The van der Waals surface area contributed by atoms with E-state index in [0.29, 0.717) is 17.1 Å². The maximum absolute atomic E-state index is 12.6. The van der Waals surface area contributed by atoms with E-state index in [1.807, 2.05) is 18.0 Å². The van der Waals surface area contributed by atoms with Crippen LogP contribution < -0.4 is 5.32 Å². The molecular formula is C17H24N4O3. The van der Waals surface area contributed by atoms with Crippen molar-refractivity contribution < 1.29 is 13.9 Å². The number of urea groups is 1. The van der Waals surface area contributed by atoms with Gasteiger partial charge in [-0.15, -0.1) is 0 Å². The molecule has 7 heteroatoms. The molecule has 2 aromatic heterocycles. The van der Waals surface area contributed by atoms with Crippen molar-refractivity contribution >= 4 is 11.7 Å². The number of likely N-dealkylation sites (tertiary alicyclic amines) is 1. The first-order valence-corrected chi connectivity index (χ1v) is 8.13. The molecule has 1 saturated heterocycles. The van der Waals surface area contributed by atoms with Crippen LogP contribution in [0.5, 0.6) is 0 Å². The summed E-state index contributed by atoms with van der Waals surface area (Å²) in [6, 6.07) is 3.53. The van der Waals surface area contributed by atoms with Crippen molar-refractivity contribution in [2.45, 2.75) is 19.8 Å². The average Bonchev–Trinajstić information content (AvgIpc) is 3.17. The first-order chi connectivity index (χ1) is 11.5. The van der Waals surface area contributed by atoms with Crippen LogP contribution >= 0.6 is 0 Å². The molecule has 0 aliphatic carbocycles. The maximum atomic E-state index is 12.6. The van der Waals surface area contributed by atoms with Gasteiger partial charge in [-0.3, -0.25) is 4.68 Å². The Bertz CT molecular complexity index is 685. The van der Waals surface area contributed by atoms with Gasteiger partial charge in [0.25, 0.3) is 0 Å². The molecule has 0 unspecified atom stereocenters. The Labute approximate surface area is 141 Å². The van der Waals surface area contributed by atoms with Gasteiger partial charge in [-0.1, -0.05) is 6.92 Å². The van der Waals surface area contributed by atoms with Crippen molar-refractivity contribution in [2.24, 2.45) is 12.5 Å². The smallest absolute Gasteiger partial charge is 0.321 e. The molecule has 24 heavy (non-hydrogen) atoms. The predicted molar refractivity (Wildman–Crippen MR) is 90.7 cm³/mol. The third-order valence-corrected chi connectivity index (χ3v) is 4.58. The number of furan rings is 1. The molecule has 0 bridgehead atoms. The first-order valence-electron chi connectivity index (χ1n) is 8.13. The number of anilines is 1. The second-order valence-corrected chi connectivity index (χ2v) is 6.70. The Kier molecular flexibility index (Phi) is 4.62. The summed E-state index contributed by atoms with van der Waals surface area (Å²) in [5.41, 5.74) is 1.44. The molecule has 7 nitrogen and oxygen atoms in total. The zero-order valence-corrected chi connectivity index (χ0v) is 14.4. The van der Waals surface area contributed by atoms with Crippen LogP contribution in [-0.4, -0.2) is 47.5 Å². The highest BCUT2D eigenvalue weighted by Crippen LogP contribution is 2.32. The monoisotopic (exact) mass is 332 g/mol. The van der Waals surface area contributed by atoms with E-state index >= 15 is 0 Å². The Balaban J connectivity index is 1.66. The van der Waals surface area contributed by atoms with Gasteiger partial charge >= 0.3 is 6.03 Å². The van der Waals surface area contributed by atoms with Gasteiger partial charge in [0.1, 0.15) is 0 Å². The minimum atomic E-state index is -0.102. The van der Waals surface area contributed by atoms with Crippen molar-refractivity contribution in [2.75, 3.05) is 32.1 Å². The molecule has 1 N–H and O–H groups in total. The second-order valence-electron chi connectivity index (χ2n) is 6.70. The van der Waals surface area contributed by atoms with Crippen LogP contribution in [0.15, 0.2) is 29.0 Å². The number of carbonyl (C=O) groups is 1. The average molecular weight is 332 g/mol. The number of rotatable bonds is 4. The highest BCUT2D eigenvalue weighted by atomic mass is 16.5. The zero-order valence-electron chi connectivity index (χ0n) is 14.4. The molecule has 1 aliphatic heterocycles. The minimum absolute atomic E-state index is 0.102. The molecule has 1 fully saturated rings. The lowest BCUT2D eigenvalue weighted by Crippen LogP contribution is -2.45. The number of piperidine rings is 1. The van der Waals surface area contributed by atoms with Crippen molar-refractivity contribution in [1.29, 1.82) is 0 Å². The Morgan fingerprint density at radius 3 is 2.83 bits per heavy atom. The molecule has 0 spiro atoms. The molecule has 3 rings (SSSR count). The highest BCUT2D eigenvalue weighted by molar-refractivity contribution is 5.92. The summed E-state index contributed by atoms with van der Waals surface area (Å²) in [5.74, 6) is 0.636. The number of hydrogen-bond donors (Lipinski definition) is 1. The first kappa shape index (κ1) is 16.6. The molecule has 130 valence electrons. The van der Waals surface area contributed by atoms with Gasteiger partial charge in [-0.05, 0) is 30.4 Å². The topological polar surface area (TPSA) is 72.5 Å². The number of nitrogens with one attached hydrogen (secondary N) is 1. The quantitative estimate of drug-likeness (QED) is 0.934. The van der Waals surface area contributed by atoms with E-state index in [2.05, 4.69) is 17.3 Å². The van der Waals surface area contributed by atoms with Gasteiger partial charge in [-0.2, -0.15) is 5.10 Å². The summed E-state index contributed by atoms with van der Waals surface area (Å²) < 4.78 is 12.4. The third kappa shape index (κ3) is 3.46. The van der Waals surface area contributed by atoms with Gasteiger partial charge in [0, 0.05) is 33.4 Å². The molecular weight excluding hydrogens is 308 g/mol. The van der Waals surface area contributed by atoms with E-state index in [4.69, 9.17) is 9.15 Å². The van der Waals surface area contributed by atoms with Gasteiger partial charge < -0.3 is 19.4 Å². The number of ether oxygens (including phenoxy) is 1. The number of carbonyl (C=O) groups excluding carboxylic acids is 1. The highest BCUT2D eigenvalue weighted by Gasteiger charge is 2.32. The molecule has 0 saturated carbocycles. The summed E-state index contributed by atoms with van der Waals surface area (Å²) in [6.07, 6.45) is 5.25. The molecule has 0 atom stereocenters. The van der Waals surface area contributed by atoms with Crippen LogP contribution in [0.3, 0.4) is 0 Å². The molecule has 0 aromatic carbocycles. The number of nitrogens with zero attached hydrogens (tertiary/aromatic N) is 3. The van der Waals surface area contributed by atoms with Crippen molar-refractivity contribution in [1.82, 2.24) is 14.7 Å². The van der Waals surface area contributed by atoms with Crippen molar-refractivity contribution in [3.8, 4) is 11.5 Å². The number of aromatic nitrogens is 2. The predicted octanol–water partition coefficient (Wildman–Crippen LogP) is 2.96. The minimum Gasteiger partial charge on any atom is -0.463 e. The second kappa shape index (κ2) is 6.68. The molecule has 2 aromatic rings. The van der Waals surface area contributed by atoms with Gasteiger partial charge in [0.15, 0.2) is 11.5 Å². The van der Waals surface area contributed by atoms with Crippen LogP contribution in [0.1, 0.15) is 19.8 Å². The SMILES string of the molecule is COCC1(C)CCN(C(=O)Nc2cn(C)nc2-c2ccco2)CC1. The summed E-state index contributed by atoms with van der Waals surface area (Å²) in [4.78, 5) is 14.4. The summed E-state index contributed by atoms with van der Waals surface area (Å²) >= 11 is 0. The lowest BCUT2D eigenvalue weighted by Gasteiger charge is -2.38. The summed E-state index contributed by atoms with van der Waals surface area (Å²) in [7, 11) is 3.54. The number of hydrogen-bond acceptors (Lipinski definition) is 4. The van der Waals surface area contributed by atoms with E-state index in [-0.39, 0.29) is 11.4 Å². The van der Waals surface area contributed by atoms with Crippen molar-refractivity contribution in [3.05, 3.63) is 24.6 Å². The normalized spacial score (nSPS) is 17.0. The fourth-order valence-electron chi connectivity index (χ4n) is 3.11. The number of methoxy groups -OCH3 is 1. The van der Waals surface area contributed by atoms with Crippen LogP contribution in [0, 0.1) is 5.41 Å². The Morgan fingerprint density at radius 2 is 2.21 bits per heavy atom. The lowest BCUT2D eigenvalue weighted by atomic mass is 9.81. The number of amides is 2. The fourth-order valence-corrected chi connectivity index (χ4v) is 3.11. The lowest BCUT2D eigenvalue weighted by molar-refractivity contribution is 0.0452.